The van der Waals surface area contributed by atoms with E-state index >= 15 is 0 Å². The van der Waals surface area contributed by atoms with Crippen LogP contribution in [0.25, 0.3) is 33.5 Å². The molecule has 17 nitrogen and oxygen atoms in total. The summed E-state index contributed by atoms with van der Waals surface area (Å²) in [6.07, 6.45) is 21.4. The predicted octanol–water partition coefficient (Wildman–Crippen LogP) is 11.2. The molecule has 0 atom stereocenters. The third kappa shape index (κ3) is 12.1. The fourth-order valence-corrected chi connectivity index (χ4v) is 11.0. The Morgan fingerprint density at radius 2 is 0.958 bits per heavy atom. The lowest BCUT2D eigenvalue weighted by atomic mass is 9.73. The highest BCUT2D eigenvalue weighted by molar-refractivity contribution is 6.29. The molecule has 0 bridgehead atoms. The minimum atomic E-state index is -1.04. The number of aryl methyl sites for hydroxylation is 2. The van der Waals surface area contributed by atoms with Gasteiger partial charge in [0.05, 0.1) is 24.0 Å². The van der Waals surface area contributed by atoms with Gasteiger partial charge in [-0.1, -0.05) is 57.0 Å². The Labute approximate surface area is 426 Å². The van der Waals surface area contributed by atoms with Crippen molar-refractivity contribution in [2.45, 2.75) is 205 Å². The van der Waals surface area contributed by atoms with Gasteiger partial charge < -0.3 is 10.2 Å². The maximum atomic E-state index is 12.7. The maximum Gasteiger partial charge on any atom is 0.229 e. The number of carbonyl (C=O) groups excluding carboxylic acids is 3. The average molecular weight is 1010 g/mol. The number of pyridine rings is 3. The Hall–Kier alpha value is -5.52. The second-order valence-corrected chi connectivity index (χ2v) is 22.8. The number of amides is 3. The van der Waals surface area contributed by atoms with E-state index in [4.69, 9.17) is 11.6 Å². The Bertz CT molecular complexity index is 2780. The molecule has 386 valence electrons. The molecule has 0 aliphatic heterocycles. The number of nitrogens with zero attached hydrogens (tertiary/aromatic N) is 9. The van der Waals surface area contributed by atoms with Gasteiger partial charge in [0.15, 0.2) is 16.9 Å². The molecule has 5 N–H and O–H groups in total. The van der Waals surface area contributed by atoms with Gasteiger partial charge in [0.25, 0.3) is 0 Å². The van der Waals surface area contributed by atoms with Crippen LogP contribution in [0.15, 0.2) is 36.4 Å². The third-order valence-corrected chi connectivity index (χ3v) is 15.7. The molecule has 11 rings (SSSR count). The van der Waals surface area contributed by atoms with E-state index in [-0.39, 0.29) is 36.0 Å². The summed E-state index contributed by atoms with van der Waals surface area (Å²) in [6.45, 7) is 9.44. The van der Waals surface area contributed by atoms with E-state index in [9.17, 15) is 24.6 Å². The fourth-order valence-electron chi connectivity index (χ4n) is 10.9. The second kappa shape index (κ2) is 21.5. The number of halogens is 1. The van der Waals surface area contributed by atoms with Crippen LogP contribution in [0.1, 0.15) is 192 Å². The lowest BCUT2D eigenvalue weighted by Gasteiger charge is -2.33. The van der Waals surface area contributed by atoms with Crippen molar-refractivity contribution in [2.75, 3.05) is 16.0 Å². The number of hydrogen-bond acceptors (Lipinski definition) is 11. The molecule has 5 aliphatic carbocycles. The monoisotopic (exact) mass is 1000 g/mol. The summed E-state index contributed by atoms with van der Waals surface area (Å²) in [4.78, 5) is 64.8. The molecular weight excluding hydrogens is 932 g/mol. The summed E-state index contributed by atoms with van der Waals surface area (Å²) < 4.78 is 6.19. The molecule has 6 heterocycles. The van der Waals surface area contributed by atoms with Gasteiger partial charge in [0.1, 0.15) is 21.7 Å². The van der Waals surface area contributed by atoms with Crippen LogP contribution in [0.2, 0.25) is 5.15 Å². The van der Waals surface area contributed by atoms with Gasteiger partial charge in [-0.2, -0.15) is 0 Å². The molecule has 3 amide bonds. The van der Waals surface area contributed by atoms with Crippen LogP contribution >= 0.6 is 11.6 Å². The summed E-state index contributed by atoms with van der Waals surface area (Å²) in [6, 6.07) is 12.4. The molecule has 5 fully saturated rings. The molecule has 18 heteroatoms. The SMILES string of the molecule is Cc1ccc2nc(NC(=O)CC(C)(C)O)n(C3CCC3)c2n1.Cc1ccc2nc(NC(=O)CC3(C)CCCCC3)n(C3CCC3)c2n1.O=C(CC1(O)CCCCC1)Nc1nc2ccc(Cl)nc2n1C1CCC1. The van der Waals surface area contributed by atoms with E-state index in [1.54, 1.807) is 19.9 Å². The first-order chi connectivity index (χ1) is 34.4. The van der Waals surface area contributed by atoms with Crippen molar-refractivity contribution >= 4 is 80.7 Å². The number of anilines is 3. The molecule has 0 unspecified atom stereocenters. The molecule has 72 heavy (non-hydrogen) atoms. The summed E-state index contributed by atoms with van der Waals surface area (Å²) in [5.74, 6) is 1.40. The number of rotatable bonds is 12. The van der Waals surface area contributed by atoms with Crippen molar-refractivity contribution in [2.24, 2.45) is 5.41 Å². The van der Waals surface area contributed by atoms with E-state index in [2.05, 4.69) is 57.3 Å². The van der Waals surface area contributed by atoms with Crippen LogP contribution < -0.4 is 16.0 Å². The number of fused-ring (bicyclic) bond motifs is 3. The zero-order valence-corrected chi connectivity index (χ0v) is 43.5. The molecule has 0 spiro atoms. The van der Waals surface area contributed by atoms with Crippen molar-refractivity contribution in [1.82, 2.24) is 43.6 Å². The van der Waals surface area contributed by atoms with E-state index in [0.29, 0.717) is 66.0 Å². The van der Waals surface area contributed by atoms with Gasteiger partial charge in [0.2, 0.25) is 35.6 Å². The summed E-state index contributed by atoms with van der Waals surface area (Å²) in [7, 11) is 0. The fraction of sp³-hybridized carbons (Fsp3) is 0.611. The maximum absolute atomic E-state index is 12.7. The number of aliphatic hydroxyl groups is 2. The lowest BCUT2D eigenvalue weighted by Crippen LogP contribution is -2.36. The summed E-state index contributed by atoms with van der Waals surface area (Å²) in [5.41, 5.74) is 4.98. The van der Waals surface area contributed by atoms with Crippen LogP contribution in [0.5, 0.6) is 0 Å². The van der Waals surface area contributed by atoms with E-state index in [0.717, 1.165) is 116 Å². The predicted molar refractivity (Wildman–Crippen MR) is 281 cm³/mol. The highest BCUT2D eigenvalue weighted by Crippen LogP contribution is 2.42. The van der Waals surface area contributed by atoms with E-state index < -0.39 is 11.2 Å². The quantitative estimate of drug-likeness (QED) is 0.0726. The standard InChI is InChI=1S/C20H28N4O.C18H23ClN4O2.C16H22N4O2/c1-14-9-10-16-18(21-14)24(15-7-6-8-15)19(22-16)23-17(25)13-20(2)11-4-3-5-12-20;19-14-8-7-13-16(21-14)23(12-5-4-6-12)17(20-13)22-15(24)11-18(25)9-2-1-3-10-18;1-10-7-8-12-14(17-10)20(11-5-4-6-11)15(18-12)19-13(21)9-16(2,3)22/h9-10,15H,3-8,11-13H2,1-2H3,(H,22,23,25);7-8,12,25H,1-6,9-11H2,(H,20,22,24);7-8,11,22H,4-6,9H2,1-3H3,(H,18,19,21). The third-order valence-electron chi connectivity index (χ3n) is 15.4. The highest BCUT2D eigenvalue weighted by atomic mass is 35.5. The normalized spacial score (nSPS) is 19.0. The van der Waals surface area contributed by atoms with Gasteiger partial charge >= 0.3 is 0 Å². The topological polar surface area (TPSA) is 220 Å². The molecule has 6 aromatic rings. The highest BCUT2D eigenvalue weighted by Gasteiger charge is 2.35. The van der Waals surface area contributed by atoms with Gasteiger partial charge in [-0.3, -0.25) is 44.0 Å². The minimum Gasteiger partial charge on any atom is -0.390 e. The van der Waals surface area contributed by atoms with E-state index in [1.807, 2.05) is 53.3 Å². The van der Waals surface area contributed by atoms with Crippen LogP contribution in [0.3, 0.4) is 0 Å². The molecule has 0 radical (unpaired) electrons. The number of aromatic nitrogens is 9. The summed E-state index contributed by atoms with van der Waals surface area (Å²) >= 11 is 6.05. The first-order valence-electron chi connectivity index (χ1n) is 26.5. The van der Waals surface area contributed by atoms with E-state index in [1.165, 1.54) is 32.1 Å². The Balaban J connectivity index is 0.000000134. The second-order valence-electron chi connectivity index (χ2n) is 22.4. The van der Waals surface area contributed by atoms with Crippen LogP contribution in [-0.4, -0.2) is 82.7 Å². The lowest BCUT2D eigenvalue weighted by molar-refractivity contribution is -0.122. The van der Waals surface area contributed by atoms with Crippen LogP contribution in [0.4, 0.5) is 17.8 Å². The van der Waals surface area contributed by atoms with Crippen molar-refractivity contribution in [3.8, 4) is 0 Å². The van der Waals surface area contributed by atoms with Gasteiger partial charge in [-0.15, -0.1) is 0 Å². The number of carbonyl (C=O) groups is 3. The Morgan fingerprint density at radius 1 is 0.569 bits per heavy atom. The molecule has 0 aromatic carbocycles. The van der Waals surface area contributed by atoms with Gasteiger partial charge in [0, 0.05) is 35.9 Å². The molecule has 5 aliphatic rings. The number of imidazole rings is 3. The van der Waals surface area contributed by atoms with Gasteiger partial charge in [-0.25, -0.2) is 29.9 Å². The average Bonchev–Trinajstić information content (AvgIpc) is 3.89. The van der Waals surface area contributed by atoms with Crippen molar-refractivity contribution < 1.29 is 24.6 Å². The number of nitrogens with one attached hydrogen (secondary N) is 3. The minimum absolute atomic E-state index is 0.0350. The van der Waals surface area contributed by atoms with Crippen molar-refractivity contribution in [3.63, 3.8) is 0 Å². The first-order valence-corrected chi connectivity index (χ1v) is 26.9. The van der Waals surface area contributed by atoms with Crippen LogP contribution in [0, 0.1) is 19.3 Å². The summed E-state index contributed by atoms with van der Waals surface area (Å²) in [5, 5.41) is 29.7. The molecule has 5 saturated carbocycles. The van der Waals surface area contributed by atoms with Crippen molar-refractivity contribution in [3.05, 3.63) is 52.9 Å². The molecule has 6 aromatic heterocycles. The molecule has 0 saturated heterocycles. The van der Waals surface area contributed by atoms with Gasteiger partial charge in [-0.05, 0) is 153 Å². The Morgan fingerprint density at radius 3 is 1.38 bits per heavy atom. The first kappa shape index (κ1) is 51.4. The zero-order valence-electron chi connectivity index (χ0n) is 42.8. The van der Waals surface area contributed by atoms with Crippen LogP contribution in [-0.2, 0) is 14.4 Å². The largest absolute Gasteiger partial charge is 0.390 e. The molecular formula is C54H73ClN12O5. The Kier molecular flexibility index (Phi) is 15.4. The van der Waals surface area contributed by atoms with Crippen molar-refractivity contribution in [1.29, 1.82) is 0 Å². The zero-order chi connectivity index (χ0) is 50.8. The number of hydrogen-bond donors (Lipinski definition) is 5. The smallest absolute Gasteiger partial charge is 0.229 e.